The minimum absolute atomic E-state index is 0.116. The van der Waals surface area contributed by atoms with Crippen molar-refractivity contribution in [2.75, 3.05) is 27.4 Å². The third-order valence-electron chi connectivity index (χ3n) is 3.54. The van der Waals surface area contributed by atoms with Crippen LogP contribution in [0, 0.1) is 5.92 Å². The lowest BCUT2D eigenvalue weighted by Crippen LogP contribution is -2.28. The van der Waals surface area contributed by atoms with Crippen molar-refractivity contribution in [2.45, 2.75) is 32.4 Å². The number of fused-ring (bicyclic) bond motifs is 1. The van der Waals surface area contributed by atoms with Gasteiger partial charge in [0.25, 0.3) is 0 Å². The number of rotatable bonds is 6. The average molecular weight is 283 g/mol. The SMILES string of the molecule is COCCOC(C)c1nnc2n1CCC(C(=O)OC)C2. The third-order valence-corrected chi connectivity index (χ3v) is 3.54. The zero-order chi connectivity index (χ0) is 14.5. The van der Waals surface area contributed by atoms with E-state index >= 15 is 0 Å². The molecule has 2 rings (SSSR count). The maximum Gasteiger partial charge on any atom is 0.309 e. The highest BCUT2D eigenvalue weighted by molar-refractivity contribution is 5.72. The topological polar surface area (TPSA) is 75.5 Å². The van der Waals surface area contributed by atoms with Crippen molar-refractivity contribution in [1.29, 1.82) is 0 Å². The number of carbonyl (C=O) groups is 1. The van der Waals surface area contributed by atoms with Crippen LogP contribution in [-0.4, -0.2) is 48.2 Å². The molecule has 0 amide bonds. The number of ether oxygens (including phenoxy) is 3. The van der Waals surface area contributed by atoms with Crippen LogP contribution in [0.1, 0.15) is 31.1 Å². The van der Waals surface area contributed by atoms with Gasteiger partial charge in [-0.2, -0.15) is 0 Å². The Labute approximate surface area is 118 Å². The first-order chi connectivity index (χ1) is 9.67. The Morgan fingerprint density at radius 3 is 2.90 bits per heavy atom. The molecule has 0 saturated carbocycles. The summed E-state index contributed by atoms with van der Waals surface area (Å²) >= 11 is 0. The molecule has 0 bridgehead atoms. The maximum absolute atomic E-state index is 11.6. The summed E-state index contributed by atoms with van der Waals surface area (Å²) in [6.07, 6.45) is 1.18. The van der Waals surface area contributed by atoms with Gasteiger partial charge in [0.1, 0.15) is 11.9 Å². The molecule has 0 saturated heterocycles. The van der Waals surface area contributed by atoms with Crippen LogP contribution in [0.3, 0.4) is 0 Å². The molecule has 7 heteroatoms. The Morgan fingerprint density at radius 2 is 2.20 bits per heavy atom. The Hall–Kier alpha value is -1.47. The summed E-state index contributed by atoms with van der Waals surface area (Å²) in [5.74, 6) is 1.34. The lowest BCUT2D eigenvalue weighted by atomic mass is 9.98. The zero-order valence-electron chi connectivity index (χ0n) is 12.2. The van der Waals surface area contributed by atoms with Crippen molar-refractivity contribution < 1.29 is 19.0 Å². The normalized spacial score (nSPS) is 19.4. The van der Waals surface area contributed by atoms with Gasteiger partial charge in [-0.3, -0.25) is 4.79 Å². The number of carbonyl (C=O) groups excluding carboxylic acids is 1. The van der Waals surface area contributed by atoms with Gasteiger partial charge in [-0.05, 0) is 13.3 Å². The van der Waals surface area contributed by atoms with Gasteiger partial charge in [0.15, 0.2) is 5.82 Å². The molecule has 112 valence electrons. The fourth-order valence-corrected chi connectivity index (χ4v) is 2.40. The number of methoxy groups -OCH3 is 2. The Bertz CT molecular complexity index is 460. The second-order valence-corrected chi connectivity index (χ2v) is 4.84. The van der Waals surface area contributed by atoms with Crippen LogP contribution in [0.2, 0.25) is 0 Å². The van der Waals surface area contributed by atoms with Crippen molar-refractivity contribution in [3.63, 3.8) is 0 Å². The van der Waals surface area contributed by atoms with Crippen LogP contribution in [0.15, 0.2) is 0 Å². The number of aromatic nitrogens is 3. The molecule has 2 atom stereocenters. The molecule has 0 N–H and O–H groups in total. The molecular weight excluding hydrogens is 262 g/mol. The van der Waals surface area contributed by atoms with Gasteiger partial charge in [0.05, 0.1) is 26.2 Å². The number of nitrogens with zero attached hydrogens (tertiary/aromatic N) is 3. The van der Waals surface area contributed by atoms with E-state index in [9.17, 15) is 4.79 Å². The fraction of sp³-hybridized carbons (Fsp3) is 0.769. The monoisotopic (exact) mass is 283 g/mol. The molecule has 1 aliphatic rings. The van der Waals surface area contributed by atoms with Crippen molar-refractivity contribution in [3.8, 4) is 0 Å². The summed E-state index contributed by atoms with van der Waals surface area (Å²) in [5, 5.41) is 8.36. The van der Waals surface area contributed by atoms with Crippen LogP contribution >= 0.6 is 0 Å². The number of hydrogen-bond donors (Lipinski definition) is 0. The standard InChI is InChI=1S/C13H21N3O4/c1-9(20-7-6-18-2)12-15-14-11-8-10(13(17)19-3)4-5-16(11)12/h9-10H,4-8H2,1-3H3. The largest absolute Gasteiger partial charge is 0.469 e. The smallest absolute Gasteiger partial charge is 0.309 e. The first kappa shape index (κ1) is 14.9. The number of esters is 1. The van der Waals surface area contributed by atoms with Crippen LogP contribution in [0.4, 0.5) is 0 Å². The van der Waals surface area contributed by atoms with E-state index in [1.807, 2.05) is 11.5 Å². The van der Waals surface area contributed by atoms with E-state index in [-0.39, 0.29) is 18.0 Å². The van der Waals surface area contributed by atoms with Gasteiger partial charge in [-0.15, -0.1) is 10.2 Å². The molecule has 7 nitrogen and oxygen atoms in total. The summed E-state index contributed by atoms with van der Waals surface area (Å²) < 4.78 is 17.4. The second kappa shape index (κ2) is 6.81. The van der Waals surface area contributed by atoms with Crippen molar-refractivity contribution in [3.05, 3.63) is 11.6 Å². The van der Waals surface area contributed by atoms with E-state index in [0.29, 0.717) is 19.6 Å². The Balaban J connectivity index is 2.02. The quantitative estimate of drug-likeness (QED) is 0.566. The van der Waals surface area contributed by atoms with E-state index in [4.69, 9.17) is 14.2 Å². The van der Waals surface area contributed by atoms with E-state index in [0.717, 1.165) is 24.6 Å². The molecule has 1 aromatic heterocycles. The van der Waals surface area contributed by atoms with E-state index in [1.54, 1.807) is 7.11 Å². The van der Waals surface area contributed by atoms with Crippen molar-refractivity contribution in [2.24, 2.45) is 5.92 Å². The van der Waals surface area contributed by atoms with Gasteiger partial charge in [0.2, 0.25) is 0 Å². The predicted octanol–water partition coefficient (Wildman–Crippen LogP) is 0.737. The average Bonchev–Trinajstić information content (AvgIpc) is 2.89. The molecule has 2 heterocycles. The van der Waals surface area contributed by atoms with Crippen LogP contribution < -0.4 is 0 Å². The molecule has 0 radical (unpaired) electrons. The highest BCUT2D eigenvalue weighted by atomic mass is 16.5. The molecule has 1 aliphatic heterocycles. The molecule has 2 unspecified atom stereocenters. The summed E-state index contributed by atoms with van der Waals surface area (Å²) in [6, 6.07) is 0. The van der Waals surface area contributed by atoms with E-state index in [2.05, 4.69) is 10.2 Å². The lowest BCUT2D eigenvalue weighted by Gasteiger charge is -2.23. The van der Waals surface area contributed by atoms with E-state index in [1.165, 1.54) is 7.11 Å². The molecular formula is C13H21N3O4. The lowest BCUT2D eigenvalue weighted by molar-refractivity contribution is -0.146. The van der Waals surface area contributed by atoms with Crippen molar-refractivity contribution in [1.82, 2.24) is 14.8 Å². The molecule has 1 aromatic rings. The van der Waals surface area contributed by atoms with Crippen LogP contribution in [-0.2, 0) is 32.0 Å². The van der Waals surface area contributed by atoms with Crippen LogP contribution in [0.25, 0.3) is 0 Å². The van der Waals surface area contributed by atoms with Gasteiger partial charge in [-0.1, -0.05) is 0 Å². The van der Waals surface area contributed by atoms with Gasteiger partial charge in [-0.25, -0.2) is 0 Å². The minimum Gasteiger partial charge on any atom is -0.469 e. The fourth-order valence-electron chi connectivity index (χ4n) is 2.40. The van der Waals surface area contributed by atoms with Gasteiger partial charge >= 0.3 is 5.97 Å². The maximum atomic E-state index is 11.6. The van der Waals surface area contributed by atoms with Gasteiger partial charge in [0, 0.05) is 20.1 Å². The van der Waals surface area contributed by atoms with Gasteiger partial charge < -0.3 is 18.8 Å². The Kier molecular flexibility index (Phi) is 5.08. The first-order valence-electron chi connectivity index (χ1n) is 6.77. The number of hydrogen-bond acceptors (Lipinski definition) is 6. The van der Waals surface area contributed by atoms with Crippen molar-refractivity contribution >= 4 is 5.97 Å². The third kappa shape index (κ3) is 3.16. The minimum atomic E-state index is -0.176. The first-order valence-corrected chi connectivity index (χ1v) is 6.77. The Morgan fingerprint density at radius 1 is 1.40 bits per heavy atom. The summed E-state index contributed by atoms with van der Waals surface area (Å²) in [5.41, 5.74) is 0. The molecule has 20 heavy (non-hydrogen) atoms. The predicted molar refractivity (Wildman–Crippen MR) is 70.1 cm³/mol. The molecule has 0 fully saturated rings. The summed E-state index contributed by atoms with van der Waals surface area (Å²) in [7, 11) is 3.05. The highest BCUT2D eigenvalue weighted by Gasteiger charge is 2.29. The molecule has 0 spiro atoms. The highest BCUT2D eigenvalue weighted by Crippen LogP contribution is 2.24. The molecule has 0 aromatic carbocycles. The zero-order valence-corrected chi connectivity index (χ0v) is 12.2. The van der Waals surface area contributed by atoms with Crippen LogP contribution in [0.5, 0.6) is 0 Å². The second-order valence-electron chi connectivity index (χ2n) is 4.84. The van der Waals surface area contributed by atoms with E-state index < -0.39 is 0 Å². The molecule has 0 aliphatic carbocycles. The summed E-state index contributed by atoms with van der Waals surface area (Å²) in [6.45, 7) is 3.73. The summed E-state index contributed by atoms with van der Waals surface area (Å²) in [4.78, 5) is 11.6.